The zero-order chi connectivity index (χ0) is 18.5. The number of nitrogens with one attached hydrogen (secondary N) is 1. The van der Waals surface area contributed by atoms with Gasteiger partial charge in [0.2, 0.25) is 0 Å². The van der Waals surface area contributed by atoms with Gasteiger partial charge in [-0.25, -0.2) is 0 Å². The van der Waals surface area contributed by atoms with Crippen LogP contribution in [0.3, 0.4) is 0 Å². The van der Waals surface area contributed by atoms with Crippen molar-refractivity contribution in [2.45, 2.75) is 25.4 Å². The highest BCUT2D eigenvalue weighted by Crippen LogP contribution is 2.31. The average Bonchev–Trinajstić information content (AvgIpc) is 3.26. The molecule has 0 amide bonds. The van der Waals surface area contributed by atoms with Gasteiger partial charge in [0, 0.05) is 19.1 Å². The first-order valence-corrected chi connectivity index (χ1v) is 9.81. The quantitative estimate of drug-likeness (QED) is 0.811. The van der Waals surface area contributed by atoms with E-state index in [1.807, 2.05) is 6.07 Å². The Kier molecular flexibility index (Phi) is 5.80. The van der Waals surface area contributed by atoms with Crippen LogP contribution in [0.2, 0.25) is 0 Å². The second kappa shape index (κ2) is 8.63. The highest BCUT2D eigenvalue weighted by molar-refractivity contribution is 5.43. The number of benzene rings is 2. The fraction of sp³-hybridized carbons (Fsp3) is 0.455. The third kappa shape index (κ3) is 4.37. The summed E-state index contributed by atoms with van der Waals surface area (Å²) in [6.45, 7) is 5.32. The van der Waals surface area contributed by atoms with Crippen molar-refractivity contribution in [2.24, 2.45) is 0 Å². The van der Waals surface area contributed by atoms with Crippen LogP contribution in [-0.4, -0.2) is 44.9 Å². The molecule has 0 spiro atoms. The third-order valence-electron chi connectivity index (χ3n) is 5.36. The van der Waals surface area contributed by atoms with Crippen LogP contribution < -0.4 is 19.5 Å². The van der Waals surface area contributed by atoms with Crippen LogP contribution in [0.5, 0.6) is 17.2 Å². The van der Waals surface area contributed by atoms with E-state index in [1.165, 1.54) is 37.1 Å². The maximum Gasteiger partial charge on any atom is 0.161 e. The number of fused-ring (bicyclic) bond motifs is 1. The summed E-state index contributed by atoms with van der Waals surface area (Å²) in [4.78, 5) is 2.58. The molecular weight excluding hydrogens is 340 g/mol. The first-order valence-electron chi connectivity index (χ1n) is 9.81. The van der Waals surface area contributed by atoms with Gasteiger partial charge in [-0.15, -0.1) is 0 Å². The Morgan fingerprint density at radius 2 is 1.74 bits per heavy atom. The highest BCUT2D eigenvalue weighted by atomic mass is 16.6. The van der Waals surface area contributed by atoms with Gasteiger partial charge >= 0.3 is 0 Å². The largest absolute Gasteiger partial charge is 0.497 e. The van der Waals surface area contributed by atoms with Crippen molar-refractivity contribution >= 4 is 0 Å². The molecule has 2 aliphatic heterocycles. The van der Waals surface area contributed by atoms with Gasteiger partial charge < -0.3 is 19.5 Å². The highest BCUT2D eigenvalue weighted by Gasteiger charge is 2.23. The van der Waals surface area contributed by atoms with Crippen molar-refractivity contribution in [3.05, 3.63) is 53.6 Å². The minimum Gasteiger partial charge on any atom is -0.497 e. The minimum atomic E-state index is 0.385. The van der Waals surface area contributed by atoms with E-state index in [9.17, 15) is 0 Å². The first kappa shape index (κ1) is 18.1. The molecule has 1 saturated heterocycles. The molecule has 5 nitrogen and oxygen atoms in total. The van der Waals surface area contributed by atoms with Crippen molar-refractivity contribution in [2.75, 3.05) is 40.0 Å². The van der Waals surface area contributed by atoms with E-state index in [0.717, 1.165) is 30.3 Å². The Hall–Kier alpha value is -2.24. The lowest BCUT2D eigenvalue weighted by molar-refractivity contribution is 0.171. The molecule has 2 aliphatic rings. The number of nitrogens with zero attached hydrogens (tertiary/aromatic N) is 1. The van der Waals surface area contributed by atoms with E-state index in [2.05, 4.69) is 46.6 Å². The van der Waals surface area contributed by atoms with Crippen molar-refractivity contribution in [1.29, 1.82) is 0 Å². The predicted molar refractivity (Wildman–Crippen MR) is 106 cm³/mol. The molecule has 2 aromatic carbocycles. The zero-order valence-electron chi connectivity index (χ0n) is 15.9. The van der Waals surface area contributed by atoms with Crippen LogP contribution >= 0.6 is 0 Å². The summed E-state index contributed by atoms with van der Waals surface area (Å²) in [5.74, 6) is 2.60. The van der Waals surface area contributed by atoms with E-state index in [0.29, 0.717) is 19.3 Å². The molecule has 1 atom stereocenters. The molecule has 0 aromatic heterocycles. The van der Waals surface area contributed by atoms with Gasteiger partial charge in [-0.05, 0) is 61.3 Å². The van der Waals surface area contributed by atoms with Crippen LogP contribution in [0, 0.1) is 0 Å². The SMILES string of the molecule is COc1ccc([C@H](CNCc2ccc3c(c2)OCCO3)N2CCCC2)cc1. The van der Waals surface area contributed by atoms with Gasteiger partial charge in [0.05, 0.1) is 7.11 Å². The number of likely N-dealkylation sites (tertiary alicyclic amines) is 1. The van der Waals surface area contributed by atoms with Crippen LogP contribution in [0.25, 0.3) is 0 Å². The molecule has 2 heterocycles. The van der Waals surface area contributed by atoms with Crippen molar-refractivity contribution < 1.29 is 14.2 Å². The van der Waals surface area contributed by atoms with Crippen LogP contribution in [0.4, 0.5) is 0 Å². The Bertz CT molecular complexity index is 742. The molecule has 0 saturated carbocycles. The molecule has 0 aliphatic carbocycles. The van der Waals surface area contributed by atoms with E-state index in [-0.39, 0.29) is 0 Å². The van der Waals surface area contributed by atoms with Gasteiger partial charge in [0.15, 0.2) is 11.5 Å². The van der Waals surface area contributed by atoms with Gasteiger partial charge in [-0.3, -0.25) is 4.90 Å². The second-order valence-electron chi connectivity index (χ2n) is 7.14. The lowest BCUT2D eigenvalue weighted by Gasteiger charge is -2.28. The van der Waals surface area contributed by atoms with Crippen LogP contribution in [0.1, 0.15) is 30.0 Å². The first-order chi connectivity index (χ1) is 13.3. The predicted octanol–water partition coefficient (Wildman–Crippen LogP) is 3.39. The van der Waals surface area contributed by atoms with Crippen molar-refractivity contribution in [3.8, 4) is 17.2 Å². The Balaban J connectivity index is 1.40. The molecule has 1 fully saturated rings. The second-order valence-corrected chi connectivity index (χ2v) is 7.14. The van der Waals surface area contributed by atoms with E-state index >= 15 is 0 Å². The smallest absolute Gasteiger partial charge is 0.161 e. The minimum absolute atomic E-state index is 0.385. The number of hydrogen-bond acceptors (Lipinski definition) is 5. The molecular formula is C22H28N2O3. The monoisotopic (exact) mass is 368 g/mol. The maximum atomic E-state index is 5.69. The summed E-state index contributed by atoms with van der Waals surface area (Å²) in [7, 11) is 1.71. The van der Waals surface area contributed by atoms with E-state index in [1.54, 1.807) is 7.11 Å². The average molecular weight is 368 g/mol. The Morgan fingerprint density at radius 3 is 2.48 bits per heavy atom. The van der Waals surface area contributed by atoms with Gasteiger partial charge in [0.25, 0.3) is 0 Å². The number of ether oxygens (including phenoxy) is 3. The van der Waals surface area contributed by atoms with Crippen LogP contribution in [0.15, 0.2) is 42.5 Å². The molecule has 4 rings (SSSR count). The van der Waals surface area contributed by atoms with Gasteiger partial charge in [0.1, 0.15) is 19.0 Å². The van der Waals surface area contributed by atoms with Gasteiger partial charge in [-0.2, -0.15) is 0 Å². The fourth-order valence-corrected chi connectivity index (χ4v) is 3.89. The Morgan fingerprint density at radius 1 is 1.00 bits per heavy atom. The molecule has 5 heteroatoms. The van der Waals surface area contributed by atoms with E-state index in [4.69, 9.17) is 14.2 Å². The summed E-state index contributed by atoms with van der Waals surface area (Å²) in [6, 6.07) is 15.1. The molecule has 0 unspecified atom stereocenters. The molecule has 0 radical (unpaired) electrons. The summed E-state index contributed by atoms with van der Waals surface area (Å²) in [5.41, 5.74) is 2.56. The summed E-state index contributed by atoms with van der Waals surface area (Å²) in [6.07, 6.45) is 2.57. The lowest BCUT2D eigenvalue weighted by Crippen LogP contribution is -2.34. The molecule has 144 valence electrons. The molecule has 2 aromatic rings. The fourth-order valence-electron chi connectivity index (χ4n) is 3.89. The number of hydrogen-bond donors (Lipinski definition) is 1. The third-order valence-corrected chi connectivity index (χ3v) is 5.36. The maximum absolute atomic E-state index is 5.69. The van der Waals surface area contributed by atoms with Gasteiger partial charge in [-0.1, -0.05) is 18.2 Å². The normalized spacial score (nSPS) is 17.7. The molecule has 1 N–H and O–H groups in total. The molecule has 27 heavy (non-hydrogen) atoms. The lowest BCUT2D eigenvalue weighted by atomic mass is 10.0. The molecule has 0 bridgehead atoms. The zero-order valence-corrected chi connectivity index (χ0v) is 15.9. The van der Waals surface area contributed by atoms with Crippen molar-refractivity contribution in [3.63, 3.8) is 0 Å². The number of methoxy groups -OCH3 is 1. The summed E-state index contributed by atoms with van der Waals surface area (Å²) in [5, 5.41) is 3.64. The summed E-state index contributed by atoms with van der Waals surface area (Å²) < 4.78 is 16.6. The topological polar surface area (TPSA) is 43.0 Å². The van der Waals surface area contributed by atoms with E-state index < -0.39 is 0 Å². The van der Waals surface area contributed by atoms with Crippen LogP contribution in [-0.2, 0) is 6.54 Å². The standard InChI is InChI=1S/C22H28N2O3/c1-25-19-7-5-18(6-8-19)20(24-10-2-3-11-24)16-23-15-17-4-9-21-22(14-17)27-13-12-26-21/h4-9,14,20,23H,2-3,10-13,15-16H2,1H3/t20-/m0/s1. The summed E-state index contributed by atoms with van der Waals surface area (Å²) >= 11 is 0. The Labute approximate surface area is 161 Å². The number of rotatable bonds is 7. The van der Waals surface area contributed by atoms with Crippen molar-refractivity contribution in [1.82, 2.24) is 10.2 Å².